The van der Waals surface area contributed by atoms with Gasteiger partial charge in [-0.15, -0.1) is 0 Å². The summed E-state index contributed by atoms with van der Waals surface area (Å²) >= 11 is 0. The molecular weight excluding hydrogens is 260 g/mol. The number of para-hydroxylation sites is 1. The number of benzene rings is 1. The van der Waals surface area contributed by atoms with Crippen molar-refractivity contribution in [3.63, 3.8) is 0 Å². The first-order valence-electron chi connectivity index (χ1n) is 5.89. The molecule has 0 bridgehead atoms. The minimum Gasteiger partial charge on any atom is -0.493 e. The molecule has 20 heavy (non-hydrogen) atoms. The number of hydrogen-bond acceptors (Lipinski definition) is 5. The van der Waals surface area contributed by atoms with Crippen molar-refractivity contribution >= 4 is 0 Å². The summed E-state index contributed by atoms with van der Waals surface area (Å²) < 4.78 is 16.2. The lowest BCUT2D eigenvalue weighted by atomic mass is 10.2. The highest BCUT2D eigenvalue weighted by molar-refractivity contribution is 5.68. The maximum Gasteiger partial charge on any atom is 0.230 e. The molecule has 0 aliphatic heterocycles. The summed E-state index contributed by atoms with van der Waals surface area (Å²) in [7, 11) is 3.12. The lowest BCUT2D eigenvalue weighted by Gasteiger charge is -2.09. The Morgan fingerprint density at radius 2 is 2.15 bits per heavy atom. The molecule has 0 unspecified atom stereocenters. The van der Waals surface area contributed by atoms with Crippen molar-refractivity contribution < 1.29 is 13.9 Å². The lowest BCUT2D eigenvalue weighted by molar-refractivity contribution is 0.355. The van der Waals surface area contributed by atoms with Crippen LogP contribution in [0.4, 0.5) is 0 Å². The Morgan fingerprint density at radius 1 is 1.35 bits per heavy atom. The van der Waals surface area contributed by atoms with Crippen molar-refractivity contribution in [1.29, 1.82) is 0 Å². The van der Waals surface area contributed by atoms with E-state index in [9.17, 15) is 0 Å². The molecule has 2 aromatic rings. The first kappa shape index (κ1) is 13.8. The summed E-state index contributed by atoms with van der Waals surface area (Å²) in [4.78, 5) is 7.05. The van der Waals surface area contributed by atoms with E-state index >= 15 is 0 Å². The molecule has 0 aliphatic carbocycles. The van der Waals surface area contributed by atoms with Gasteiger partial charge in [0.2, 0.25) is 5.89 Å². The van der Waals surface area contributed by atoms with E-state index < -0.39 is 0 Å². The third-order valence-electron chi connectivity index (χ3n) is 2.81. The SMILES string of the molecule is COc1cccc(-c2nc(CN=[N+]=[N-])c(C)o2)c1OC. The third kappa shape index (κ3) is 2.53. The molecule has 0 amide bonds. The van der Waals surface area contributed by atoms with Gasteiger partial charge in [0.15, 0.2) is 11.5 Å². The number of aryl methyl sites for hydroxylation is 1. The van der Waals surface area contributed by atoms with E-state index in [4.69, 9.17) is 19.4 Å². The van der Waals surface area contributed by atoms with Crippen LogP contribution in [-0.4, -0.2) is 19.2 Å². The topological polar surface area (TPSA) is 93.3 Å². The van der Waals surface area contributed by atoms with E-state index in [-0.39, 0.29) is 6.54 Å². The largest absolute Gasteiger partial charge is 0.493 e. The van der Waals surface area contributed by atoms with Gasteiger partial charge in [-0.05, 0) is 24.6 Å². The second-order valence-corrected chi connectivity index (χ2v) is 3.95. The average molecular weight is 274 g/mol. The summed E-state index contributed by atoms with van der Waals surface area (Å²) in [5, 5.41) is 3.49. The standard InChI is InChI=1S/C13H14N4O3/c1-8-10(7-15-17-14)16-13(20-8)9-5-4-6-11(18-2)12(9)19-3/h4-6H,7H2,1-3H3. The van der Waals surface area contributed by atoms with Crippen molar-refractivity contribution in [2.45, 2.75) is 13.5 Å². The monoisotopic (exact) mass is 274 g/mol. The van der Waals surface area contributed by atoms with Gasteiger partial charge < -0.3 is 13.9 Å². The van der Waals surface area contributed by atoms with Crippen LogP contribution >= 0.6 is 0 Å². The first-order valence-corrected chi connectivity index (χ1v) is 5.89. The van der Waals surface area contributed by atoms with Crippen LogP contribution < -0.4 is 9.47 Å². The van der Waals surface area contributed by atoms with Gasteiger partial charge in [0.05, 0.1) is 32.0 Å². The van der Waals surface area contributed by atoms with Gasteiger partial charge in [-0.25, -0.2) is 4.98 Å². The number of aromatic nitrogens is 1. The Morgan fingerprint density at radius 3 is 2.80 bits per heavy atom. The zero-order chi connectivity index (χ0) is 14.5. The number of rotatable bonds is 5. The highest BCUT2D eigenvalue weighted by atomic mass is 16.5. The van der Waals surface area contributed by atoms with Gasteiger partial charge in [-0.3, -0.25) is 0 Å². The van der Waals surface area contributed by atoms with Crippen molar-refractivity contribution in [3.05, 3.63) is 40.1 Å². The van der Waals surface area contributed by atoms with Gasteiger partial charge in [-0.1, -0.05) is 11.2 Å². The number of nitrogens with zero attached hydrogens (tertiary/aromatic N) is 4. The quantitative estimate of drug-likeness (QED) is 0.474. The van der Waals surface area contributed by atoms with Gasteiger partial charge in [0, 0.05) is 4.91 Å². The summed E-state index contributed by atoms with van der Waals surface area (Å²) in [5.41, 5.74) is 9.64. The average Bonchev–Trinajstić information content (AvgIpc) is 2.85. The summed E-state index contributed by atoms with van der Waals surface area (Å²) in [6, 6.07) is 5.44. The highest BCUT2D eigenvalue weighted by Crippen LogP contribution is 2.37. The maximum absolute atomic E-state index is 8.36. The molecule has 0 fully saturated rings. The van der Waals surface area contributed by atoms with Crippen LogP contribution in [-0.2, 0) is 6.54 Å². The van der Waals surface area contributed by atoms with Gasteiger partial charge in [0.25, 0.3) is 0 Å². The van der Waals surface area contributed by atoms with E-state index in [1.165, 1.54) is 0 Å². The zero-order valence-corrected chi connectivity index (χ0v) is 11.5. The van der Waals surface area contributed by atoms with E-state index in [1.807, 2.05) is 12.1 Å². The first-order chi connectivity index (χ1) is 9.71. The molecule has 7 heteroatoms. The minimum absolute atomic E-state index is 0.151. The van der Waals surface area contributed by atoms with Crippen molar-refractivity contribution in [2.24, 2.45) is 5.11 Å². The van der Waals surface area contributed by atoms with Crippen LogP contribution in [0.1, 0.15) is 11.5 Å². The Bertz CT molecular complexity index is 660. The van der Waals surface area contributed by atoms with Crippen LogP contribution in [0.5, 0.6) is 11.5 Å². The highest BCUT2D eigenvalue weighted by Gasteiger charge is 2.17. The second kappa shape index (κ2) is 5.99. The molecule has 7 nitrogen and oxygen atoms in total. The predicted molar refractivity (Wildman–Crippen MR) is 72.6 cm³/mol. The summed E-state index contributed by atoms with van der Waals surface area (Å²) in [6.07, 6.45) is 0. The zero-order valence-electron chi connectivity index (χ0n) is 11.5. The molecule has 0 saturated heterocycles. The number of oxazole rings is 1. The molecule has 0 spiro atoms. The van der Waals surface area contributed by atoms with Gasteiger partial charge in [0.1, 0.15) is 5.76 Å². The number of hydrogen-bond donors (Lipinski definition) is 0. The summed E-state index contributed by atoms with van der Waals surface area (Å²) in [5.74, 6) is 2.16. The molecule has 0 atom stereocenters. The van der Waals surface area contributed by atoms with Gasteiger partial charge >= 0.3 is 0 Å². The van der Waals surface area contributed by atoms with Crippen LogP contribution in [0.25, 0.3) is 21.9 Å². The summed E-state index contributed by atoms with van der Waals surface area (Å²) in [6.45, 7) is 1.92. The minimum atomic E-state index is 0.151. The van der Waals surface area contributed by atoms with E-state index in [2.05, 4.69) is 15.0 Å². The van der Waals surface area contributed by atoms with Crippen LogP contribution in [0.3, 0.4) is 0 Å². The Hall–Kier alpha value is -2.66. The molecule has 0 aliphatic rings. The molecule has 1 aromatic carbocycles. The van der Waals surface area contributed by atoms with E-state index in [1.54, 1.807) is 27.2 Å². The molecule has 0 saturated carbocycles. The molecular formula is C13H14N4O3. The van der Waals surface area contributed by atoms with Crippen LogP contribution in [0, 0.1) is 6.92 Å². The fourth-order valence-electron chi connectivity index (χ4n) is 1.84. The molecule has 0 radical (unpaired) electrons. The van der Waals surface area contributed by atoms with Crippen LogP contribution in [0.15, 0.2) is 27.7 Å². The molecule has 104 valence electrons. The predicted octanol–water partition coefficient (Wildman–Crippen LogP) is 3.48. The Kier molecular flexibility index (Phi) is 4.12. The van der Waals surface area contributed by atoms with Crippen molar-refractivity contribution in [1.82, 2.24) is 4.98 Å². The normalized spacial score (nSPS) is 9.95. The fraction of sp³-hybridized carbons (Fsp3) is 0.308. The Labute approximate surface area is 115 Å². The number of ether oxygens (including phenoxy) is 2. The smallest absolute Gasteiger partial charge is 0.230 e. The molecule has 1 heterocycles. The molecule has 0 N–H and O–H groups in total. The maximum atomic E-state index is 8.36. The van der Waals surface area contributed by atoms with E-state index in [0.29, 0.717) is 34.4 Å². The number of methoxy groups -OCH3 is 2. The van der Waals surface area contributed by atoms with Gasteiger partial charge in [-0.2, -0.15) is 0 Å². The number of azide groups is 1. The van der Waals surface area contributed by atoms with Crippen molar-refractivity contribution in [3.8, 4) is 23.0 Å². The molecule has 2 rings (SSSR count). The van der Waals surface area contributed by atoms with E-state index in [0.717, 1.165) is 0 Å². The molecule has 1 aromatic heterocycles. The third-order valence-corrected chi connectivity index (χ3v) is 2.81. The lowest BCUT2D eigenvalue weighted by Crippen LogP contribution is -1.93. The second-order valence-electron chi connectivity index (χ2n) is 3.95. The Balaban J connectivity index is 2.49. The fourth-order valence-corrected chi connectivity index (χ4v) is 1.84. The van der Waals surface area contributed by atoms with Crippen molar-refractivity contribution in [2.75, 3.05) is 14.2 Å². The van der Waals surface area contributed by atoms with Crippen LogP contribution in [0.2, 0.25) is 0 Å².